The van der Waals surface area contributed by atoms with Crippen molar-refractivity contribution < 1.29 is 24.2 Å². The number of urea groups is 1. The molecule has 7 nitrogen and oxygen atoms in total. The fourth-order valence-corrected chi connectivity index (χ4v) is 3.06. The lowest BCUT2D eigenvalue weighted by atomic mass is 10.0. The van der Waals surface area contributed by atoms with E-state index in [-0.39, 0.29) is 18.7 Å². The summed E-state index contributed by atoms with van der Waals surface area (Å²) in [7, 11) is 1.37. The van der Waals surface area contributed by atoms with Gasteiger partial charge in [-0.15, -0.1) is 0 Å². The molecule has 0 spiro atoms. The van der Waals surface area contributed by atoms with Gasteiger partial charge in [0.25, 0.3) is 0 Å². The number of amides is 2. The van der Waals surface area contributed by atoms with E-state index < -0.39 is 11.6 Å². The van der Waals surface area contributed by atoms with Crippen LogP contribution in [0.25, 0.3) is 0 Å². The Balaban J connectivity index is 1.45. The molecule has 0 aliphatic carbocycles. The number of hydrogen-bond donors (Lipinski definition) is 1. The summed E-state index contributed by atoms with van der Waals surface area (Å²) >= 11 is 0. The van der Waals surface area contributed by atoms with Crippen LogP contribution in [0.1, 0.15) is 12.0 Å². The van der Waals surface area contributed by atoms with Crippen molar-refractivity contribution in [2.45, 2.75) is 24.7 Å². The predicted molar refractivity (Wildman–Crippen MR) is 85.6 cm³/mol. The molecule has 0 bridgehead atoms. The summed E-state index contributed by atoms with van der Waals surface area (Å²) in [5.41, 5.74) is -0.169. The van der Waals surface area contributed by atoms with Crippen molar-refractivity contribution in [3.8, 4) is 0 Å². The minimum atomic E-state index is -1.27. The van der Waals surface area contributed by atoms with Crippen molar-refractivity contribution in [2.75, 3.05) is 33.3 Å². The Morgan fingerprint density at radius 1 is 1.25 bits per heavy atom. The van der Waals surface area contributed by atoms with Gasteiger partial charge < -0.3 is 24.4 Å². The van der Waals surface area contributed by atoms with E-state index >= 15 is 0 Å². The Hall–Kier alpha value is -2.12. The zero-order chi connectivity index (χ0) is 17.2. The maximum absolute atomic E-state index is 12.4. The first-order chi connectivity index (χ1) is 11.5. The van der Waals surface area contributed by atoms with Crippen molar-refractivity contribution in [3.05, 3.63) is 35.9 Å². The molecule has 1 N–H and O–H groups in total. The van der Waals surface area contributed by atoms with E-state index in [1.54, 1.807) is 9.80 Å². The normalized spacial score (nSPS) is 24.0. The Kier molecular flexibility index (Phi) is 4.73. The maximum atomic E-state index is 12.4. The molecule has 1 aromatic carbocycles. The molecule has 2 saturated heterocycles. The third kappa shape index (κ3) is 3.22. The number of rotatable bonds is 5. The van der Waals surface area contributed by atoms with Gasteiger partial charge in [-0.1, -0.05) is 30.3 Å². The number of likely N-dealkylation sites (tertiary alicyclic amines) is 2. The summed E-state index contributed by atoms with van der Waals surface area (Å²) in [5.74, 6) is -1.02. The van der Waals surface area contributed by atoms with Gasteiger partial charge in [0.15, 0.2) is 5.60 Å². The van der Waals surface area contributed by atoms with Gasteiger partial charge >= 0.3 is 12.0 Å². The highest BCUT2D eigenvalue weighted by Crippen LogP contribution is 2.27. The fourth-order valence-electron chi connectivity index (χ4n) is 3.06. The second kappa shape index (κ2) is 6.78. The van der Waals surface area contributed by atoms with E-state index in [2.05, 4.69) is 0 Å². The largest absolute Gasteiger partial charge is 0.479 e. The summed E-state index contributed by atoms with van der Waals surface area (Å²) in [6.45, 7) is 2.09. The second-order valence-electron chi connectivity index (χ2n) is 6.28. The lowest BCUT2D eigenvalue weighted by molar-refractivity contribution is -0.160. The van der Waals surface area contributed by atoms with Crippen LogP contribution in [0.5, 0.6) is 0 Å². The van der Waals surface area contributed by atoms with Gasteiger partial charge in [-0.05, 0) is 5.56 Å². The van der Waals surface area contributed by atoms with Crippen LogP contribution >= 0.6 is 0 Å². The molecule has 130 valence electrons. The van der Waals surface area contributed by atoms with E-state index in [1.165, 1.54) is 7.11 Å². The monoisotopic (exact) mass is 334 g/mol. The van der Waals surface area contributed by atoms with E-state index in [0.29, 0.717) is 32.7 Å². The standard InChI is InChI=1S/C17H22N2O5/c1-23-17(15(20)21)7-8-18(12-17)16(22)19-9-14(10-19)24-11-13-5-3-2-4-6-13/h2-6,14H,7-12H2,1H3,(H,20,21). The molecule has 2 amide bonds. The molecule has 0 radical (unpaired) electrons. The molecule has 1 atom stereocenters. The predicted octanol–water partition coefficient (Wildman–Crippen LogP) is 1.18. The third-order valence-corrected chi connectivity index (χ3v) is 4.73. The number of carbonyl (C=O) groups is 2. The van der Waals surface area contributed by atoms with E-state index in [9.17, 15) is 14.7 Å². The number of carboxylic acid groups (broad SMARTS) is 1. The van der Waals surface area contributed by atoms with E-state index in [4.69, 9.17) is 9.47 Å². The zero-order valence-corrected chi connectivity index (χ0v) is 13.7. The minimum Gasteiger partial charge on any atom is -0.479 e. The summed E-state index contributed by atoms with van der Waals surface area (Å²) < 4.78 is 10.9. The highest BCUT2D eigenvalue weighted by Gasteiger charge is 2.48. The van der Waals surface area contributed by atoms with Crippen molar-refractivity contribution >= 4 is 12.0 Å². The quantitative estimate of drug-likeness (QED) is 0.875. The summed E-state index contributed by atoms with van der Waals surface area (Å²) in [5, 5.41) is 9.30. The van der Waals surface area contributed by atoms with E-state index in [0.717, 1.165) is 5.56 Å². The first kappa shape index (κ1) is 16.7. The van der Waals surface area contributed by atoms with Crippen molar-refractivity contribution in [2.24, 2.45) is 0 Å². The summed E-state index contributed by atoms with van der Waals surface area (Å²) in [6.07, 6.45) is 0.343. The minimum absolute atomic E-state index is 0.0309. The molecule has 1 aromatic rings. The van der Waals surface area contributed by atoms with Crippen LogP contribution in [0.3, 0.4) is 0 Å². The number of carbonyl (C=O) groups excluding carboxylic acids is 1. The average Bonchev–Trinajstić information content (AvgIpc) is 3.00. The van der Waals surface area contributed by atoms with Crippen LogP contribution in [0.15, 0.2) is 30.3 Å². The number of benzene rings is 1. The van der Waals surface area contributed by atoms with Gasteiger partial charge in [0, 0.05) is 20.1 Å². The maximum Gasteiger partial charge on any atom is 0.337 e. The first-order valence-electron chi connectivity index (χ1n) is 8.02. The topological polar surface area (TPSA) is 79.3 Å². The fraction of sp³-hybridized carbons (Fsp3) is 0.529. The van der Waals surface area contributed by atoms with Gasteiger partial charge in [0.1, 0.15) is 0 Å². The molecule has 0 saturated carbocycles. The molecule has 2 aliphatic rings. The number of carboxylic acids is 1. The molecule has 0 aromatic heterocycles. The summed E-state index contributed by atoms with van der Waals surface area (Å²) in [6, 6.07) is 9.75. The third-order valence-electron chi connectivity index (χ3n) is 4.73. The number of nitrogens with zero attached hydrogens (tertiary/aromatic N) is 2. The van der Waals surface area contributed by atoms with Crippen molar-refractivity contribution in [1.82, 2.24) is 9.80 Å². The van der Waals surface area contributed by atoms with Crippen LogP contribution < -0.4 is 0 Å². The lowest BCUT2D eigenvalue weighted by Crippen LogP contribution is -2.58. The molecule has 1 unspecified atom stereocenters. The molecule has 3 rings (SSSR count). The second-order valence-corrected chi connectivity index (χ2v) is 6.28. The SMILES string of the molecule is COC1(C(=O)O)CCN(C(=O)N2CC(OCc3ccccc3)C2)C1. The smallest absolute Gasteiger partial charge is 0.337 e. The van der Waals surface area contributed by atoms with Crippen LogP contribution in [-0.2, 0) is 20.9 Å². The molecule has 24 heavy (non-hydrogen) atoms. The molecular formula is C17H22N2O5. The summed E-state index contributed by atoms with van der Waals surface area (Å²) in [4.78, 5) is 27.0. The number of hydrogen-bond acceptors (Lipinski definition) is 4. The van der Waals surface area contributed by atoms with Crippen LogP contribution in [0.4, 0.5) is 4.79 Å². The Bertz CT molecular complexity index is 602. The van der Waals surface area contributed by atoms with Crippen molar-refractivity contribution in [1.29, 1.82) is 0 Å². The average molecular weight is 334 g/mol. The van der Waals surface area contributed by atoms with Crippen molar-refractivity contribution in [3.63, 3.8) is 0 Å². The molecule has 2 heterocycles. The lowest BCUT2D eigenvalue weighted by Gasteiger charge is -2.41. The van der Waals surface area contributed by atoms with Crippen LogP contribution in [0, 0.1) is 0 Å². The van der Waals surface area contributed by atoms with Gasteiger partial charge in [0.05, 0.1) is 32.3 Å². The van der Waals surface area contributed by atoms with E-state index in [1.807, 2.05) is 30.3 Å². The van der Waals surface area contributed by atoms with Gasteiger partial charge in [-0.25, -0.2) is 9.59 Å². The highest BCUT2D eigenvalue weighted by molar-refractivity contribution is 5.82. The first-order valence-corrected chi connectivity index (χ1v) is 8.02. The number of ether oxygens (including phenoxy) is 2. The molecule has 2 aliphatic heterocycles. The van der Waals surface area contributed by atoms with Crippen LogP contribution in [0.2, 0.25) is 0 Å². The molecule has 2 fully saturated rings. The molecule has 7 heteroatoms. The van der Waals surface area contributed by atoms with Gasteiger partial charge in [-0.2, -0.15) is 0 Å². The zero-order valence-electron chi connectivity index (χ0n) is 13.7. The number of methoxy groups -OCH3 is 1. The van der Waals surface area contributed by atoms with Crippen LogP contribution in [-0.4, -0.2) is 71.9 Å². The molecular weight excluding hydrogens is 312 g/mol. The Morgan fingerprint density at radius 2 is 1.96 bits per heavy atom. The van der Waals surface area contributed by atoms with Gasteiger partial charge in [-0.3, -0.25) is 0 Å². The van der Waals surface area contributed by atoms with Gasteiger partial charge in [0.2, 0.25) is 0 Å². The number of aliphatic carboxylic acids is 1. The Morgan fingerprint density at radius 3 is 2.54 bits per heavy atom. The Labute approximate surface area is 140 Å². The highest BCUT2D eigenvalue weighted by atomic mass is 16.5.